The third-order valence-electron chi connectivity index (χ3n) is 2.64. The highest BCUT2D eigenvalue weighted by atomic mass is 16.5. The standard InChI is InChI=1S/C12H16N2O/c1-8-6-9(2)11(14(4)7-13)12(15-5)10(8)3/h6H,1-5H3. The van der Waals surface area contributed by atoms with Gasteiger partial charge in [-0.25, -0.2) is 0 Å². The summed E-state index contributed by atoms with van der Waals surface area (Å²) in [5.41, 5.74) is 4.17. The van der Waals surface area contributed by atoms with E-state index in [0.29, 0.717) is 0 Å². The quantitative estimate of drug-likeness (QED) is 0.548. The molecule has 0 aromatic heterocycles. The summed E-state index contributed by atoms with van der Waals surface area (Å²) in [5, 5.41) is 8.91. The number of hydrogen-bond acceptors (Lipinski definition) is 3. The van der Waals surface area contributed by atoms with Crippen LogP contribution in [-0.4, -0.2) is 14.2 Å². The molecule has 80 valence electrons. The third-order valence-corrected chi connectivity index (χ3v) is 2.64. The summed E-state index contributed by atoms with van der Waals surface area (Å²) in [4.78, 5) is 1.53. The van der Waals surface area contributed by atoms with Crippen molar-refractivity contribution in [3.8, 4) is 11.9 Å². The minimum Gasteiger partial charge on any atom is -0.494 e. The lowest BCUT2D eigenvalue weighted by Crippen LogP contribution is -2.12. The molecule has 0 heterocycles. The second kappa shape index (κ2) is 4.22. The molecule has 0 spiro atoms. The van der Waals surface area contributed by atoms with Crippen LogP contribution in [0, 0.1) is 32.2 Å². The molecule has 0 aliphatic rings. The molecule has 0 unspecified atom stereocenters. The van der Waals surface area contributed by atoms with Gasteiger partial charge in [-0.3, -0.25) is 4.90 Å². The average Bonchev–Trinajstić information content (AvgIpc) is 2.21. The first-order chi connectivity index (χ1) is 7.02. The number of anilines is 1. The van der Waals surface area contributed by atoms with E-state index in [1.54, 1.807) is 14.2 Å². The normalized spacial score (nSPS) is 9.60. The molecule has 3 nitrogen and oxygen atoms in total. The van der Waals surface area contributed by atoms with Crippen molar-refractivity contribution in [1.29, 1.82) is 5.26 Å². The zero-order valence-corrected chi connectivity index (χ0v) is 9.88. The van der Waals surface area contributed by atoms with Gasteiger partial charge in [-0.1, -0.05) is 6.07 Å². The summed E-state index contributed by atoms with van der Waals surface area (Å²) < 4.78 is 5.37. The van der Waals surface area contributed by atoms with Gasteiger partial charge < -0.3 is 4.74 Å². The monoisotopic (exact) mass is 204 g/mol. The Labute approximate surface area is 90.9 Å². The molecule has 0 radical (unpaired) electrons. The van der Waals surface area contributed by atoms with Crippen LogP contribution in [0.1, 0.15) is 16.7 Å². The minimum absolute atomic E-state index is 0.788. The Morgan fingerprint density at radius 3 is 2.33 bits per heavy atom. The third kappa shape index (κ3) is 1.89. The Hall–Kier alpha value is -1.69. The Balaban J connectivity index is 3.50. The molecule has 0 saturated heterocycles. The zero-order chi connectivity index (χ0) is 11.6. The van der Waals surface area contributed by atoms with Gasteiger partial charge in [-0.15, -0.1) is 0 Å². The largest absolute Gasteiger partial charge is 0.494 e. The van der Waals surface area contributed by atoms with Gasteiger partial charge in [0.25, 0.3) is 0 Å². The number of nitrogens with zero attached hydrogens (tertiary/aromatic N) is 2. The number of aryl methyl sites for hydroxylation is 2. The molecule has 0 bridgehead atoms. The first kappa shape index (κ1) is 11.4. The second-order valence-corrected chi connectivity index (χ2v) is 3.68. The van der Waals surface area contributed by atoms with Crippen LogP contribution in [-0.2, 0) is 0 Å². The van der Waals surface area contributed by atoms with Crippen molar-refractivity contribution in [2.75, 3.05) is 19.1 Å². The van der Waals surface area contributed by atoms with E-state index in [4.69, 9.17) is 10.00 Å². The van der Waals surface area contributed by atoms with Crippen molar-refractivity contribution < 1.29 is 4.74 Å². The molecular formula is C12H16N2O. The molecule has 3 heteroatoms. The van der Waals surface area contributed by atoms with E-state index in [9.17, 15) is 0 Å². The molecule has 0 saturated carbocycles. The van der Waals surface area contributed by atoms with Gasteiger partial charge >= 0.3 is 0 Å². The molecule has 0 amide bonds. The summed E-state index contributed by atoms with van der Waals surface area (Å²) in [6, 6.07) is 2.07. The van der Waals surface area contributed by atoms with Crippen LogP contribution in [0.4, 0.5) is 5.69 Å². The molecule has 15 heavy (non-hydrogen) atoms. The van der Waals surface area contributed by atoms with Crippen LogP contribution in [0.5, 0.6) is 5.75 Å². The van der Waals surface area contributed by atoms with Crippen LogP contribution < -0.4 is 9.64 Å². The summed E-state index contributed by atoms with van der Waals surface area (Å²) >= 11 is 0. The molecular weight excluding hydrogens is 188 g/mol. The number of nitriles is 1. The Morgan fingerprint density at radius 2 is 1.87 bits per heavy atom. The van der Waals surface area contributed by atoms with Crippen LogP contribution in [0.3, 0.4) is 0 Å². The van der Waals surface area contributed by atoms with E-state index in [1.807, 2.05) is 20.8 Å². The highest BCUT2D eigenvalue weighted by molar-refractivity contribution is 5.69. The number of rotatable bonds is 2. The Kier molecular flexibility index (Phi) is 3.21. The van der Waals surface area contributed by atoms with E-state index in [1.165, 1.54) is 10.5 Å². The lowest BCUT2D eigenvalue weighted by atomic mass is 10.0. The van der Waals surface area contributed by atoms with Crippen LogP contribution in [0.2, 0.25) is 0 Å². The lowest BCUT2D eigenvalue weighted by Gasteiger charge is -2.19. The molecule has 0 aliphatic carbocycles. The van der Waals surface area contributed by atoms with Gasteiger partial charge in [0.2, 0.25) is 0 Å². The van der Waals surface area contributed by atoms with Gasteiger partial charge in [0, 0.05) is 7.05 Å². The van der Waals surface area contributed by atoms with Crippen LogP contribution in [0.25, 0.3) is 0 Å². The van der Waals surface area contributed by atoms with Gasteiger partial charge in [0.1, 0.15) is 5.75 Å². The van der Waals surface area contributed by atoms with E-state index in [0.717, 1.165) is 22.6 Å². The van der Waals surface area contributed by atoms with Crippen molar-refractivity contribution in [2.24, 2.45) is 0 Å². The van der Waals surface area contributed by atoms with Crippen molar-refractivity contribution >= 4 is 5.69 Å². The minimum atomic E-state index is 0.788. The molecule has 1 rings (SSSR count). The first-order valence-electron chi connectivity index (χ1n) is 4.81. The van der Waals surface area contributed by atoms with E-state index < -0.39 is 0 Å². The van der Waals surface area contributed by atoms with Gasteiger partial charge in [-0.05, 0) is 37.5 Å². The summed E-state index contributed by atoms with van der Waals surface area (Å²) in [7, 11) is 3.37. The fourth-order valence-electron chi connectivity index (χ4n) is 1.75. The maximum atomic E-state index is 8.91. The summed E-state index contributed by atoms with van der Waals surface area (Å²) in [5.74, 6) is 0.788. The lowest BCUT2D eigenvalue weighted by molar-refractivity contribution is 0.412. The topological polar surface area (TPSA) is 36.3 Å². The maximum absolute atomic E-state index is 8.91. The van der Waals surface area contributed by atoms with E-state index in [-0.39, 0.29) is 0 Å². The summed E-state index contributed by atoms with van der Waals surface area (Å²) in [6.45, 7) is 6.03. The maximum Gasteiger partial charge on any atom is 0.184 e. The van der Waals surface area contributed by atoms with Crippen molar-refractivity contribution in [3.63, 3.8) is 0 Å². The van der Waals surface area contributed by atoms with Crippen LogP contribution >= 0.6 is 0 Å². The highest BCUT2D eigenvalue weighted by Crippen LogP contribution is 2.36. The summed E-state index contributed by atoms with van der Waals surface area (Å²) in [6.07, 6.45) is 2.10. The predicted molar refractivity (Wildman–Crippen MR) is 61.2 cm³/mol. The van der Waals surface area contributed by atoms with Crippen molar-refractivity contribution in [3.05, 3.63) is 22.8 Å². The fourth-order valence-corrected chi connectivity index (χ4v) is 1.75. The molecule has 1 aromatic rings. The van der Waals surface area contributed by atoms with Gasteiger partial charge in [0.05, 0.1) is 12.8 Å². The first-order valence-corrected chi connectivity index (χ1v) is 4.81. The smallest absolute Gasteiger partial charge is 0.184 e. The number of methoxy groups -OCH3 is 1. The fraction of sp³-hybridized carbons (Fsp3) is 0.417. The SMILES string of the molecule is COc1c(C)c(C)cc(C)c1N(C)C#N. The van der Waals surface area contributed by atoms with Gasteiger partial charge in [-0.2, -0.15) is 5.26 Å². The Bertz CT molecular complexity index is 419. The zero-order valence-electron chi connectivity index (χ0n) is 9.88. The van der Waals surface area contributed by atoms with E-state index >= 15 is 0 Å². The average molecular weight is 204 g/mol. The molecule has 0 N–H and O–H groups in total. The van der Waals surface area contributed by atoms with Crippen molar-refractivity contribution in [2.45, 2.75) is 20.8 Å². The highest BCUT2D eigenvalue weighted by Gasteiger charge is 2.15. The van der Waals surface area contributed by atoms with E-state index in [2.05, 4.69) is 12.3 Å². The van der Waals surface area contributed by atoms with Crippen LogP contribution in [0.15, 0.2) is 6.07 Å². The molecule has 1 aromatic carbocycles. The number of ether oxygens (including phenoxy) is 1. The molecule has 0 atom stereocenters. The number of hydrogen-bond donors (Lipinski definition) is 0. The predicted octanol–water partition coefficient (Wildman–Crippen LogP) is 2.54. The molecule has 0 aliphatic heterocycles. The number of benzene rings is 1. The second-order valence-electron chi connectivity index (χ2n) is 3.68. The Morgan fingerprint density at radius 1 is 1.27 bits per heavy atom. The van der Waals surface area contributed by atoms with Gasteiger partial charge in [0.15, 0.2) is 6.19 Å². The van der Waals surface area contributed by atoms with Crippen molar-refractivity contribution in [1.82, 2.24) is 0 Å². The molecule has 0 fully saturated rings.